The number of halogens is 2. The molecule has 0 bridgehead atoms. The number of hydrogen-bond acceptors (Lipinski definition) is 3. The van der Waals surface area contributed by atoms with E-state index in [0.29, 0.717) is 16.6 Å². The van der Waals surface area contributed by atoms with Crippen molar-refractivity contribution in [2.24, 2.45) is 0 Å². The lowest BCUT2D eigenvalue weighted by Gasteiger charge is -2.12. The molecule has 0 aliphatic rings. The number of aromatic nitrogens is 1. The summed E-state index contributed by atoms with van der Waals surface area (Å²) in [7, 11) is 3.93. The molecule has 0 aliphatic carbocycles. The average molecular weight is 296 g/mol. The number of anilines is 2. The van der Waals surface area contributed by atoms with E-state index < -0.39 is 0 Å². The molecule has 0 saturated carbocycles. The molecule has 5 heteroatoms. The van der Waals surface area contributed by atoms with Crippen LogP contribution in [0.4, 0.5) is 11.5 Å². The van der Waals surface area contributed by atoms with Gasteiger partial charge in [0, 0.05) is 20.6 Å². The van der Waals surface area contributed by atoms with Gasteiger partial charge in [-0.3, -0.25) is 0 Å². The molecule has 1 heterocycles. The van der Waals surface area contributed by atoms with Crippen LogP contribution in [0.3, 0.4) is 0 Å². The standard InChI is InChI=1S/C14H15Cl2N3/c1-19(2)14-6-4-11(9-18-14)17-8-10-3-5-12(15)13(16)7-10/h3-7,9,17H,8H2,1-2H3. The topological polar surface area (TPSA) is 28.2 Å². The van der Waals surface area contributed by atoms with E-state index in [1.807, 2.05) is 49.5 Å². The highest BCUT2D eigenvalue weighted by Crippen LogP contribution is 2.23. The van der Waals surface area contributed by atoms with E-state index in [-0.39, 0.29) is 0 Å². The summed E-state index contributed by atoms with van der Waals surface area (Å²) in [5.74, 6) is 0.931. The summed E-state index contributed by atoms with van der Waals surface area (Å²) >= 11 is 11.9. The van der Waals surface area contributed by atoms with Gasteiger partial charge in [0.05, 0.1) is 21.9 Å². The molecule has 1 aromatic carbocycles. The third-order valence-corrected chi connectivity index (χ3v) is 3.43. The highest BCUT2D eigenvalue weighted by atomic mass is 35.5. The van der Waals surface area contributed by atoms with Gasteiger partial charge in [0.2, 0.25) is 0 Å². The Hall–Kier alpha value is -1.45. The SMILES string of the molecule is CN(C)c1ccc(NCc2ccc(Cl)c(Cl)c2)cn1. The first kappa shape index (κ1) is 14.0. The van der Waals surface area contributed by atoms with Crippen LogP contribution in [-0.2, 0) is 6.54 Å². The fourth-order valence-corrected chi connectivity index (χ4v) is 1.93. The van der Waals surface area contributed by atoms with E-state index in [9.17, 15) is 0 Å². The third-order valence-electron chi connectivity index (χ3n) is 2.69. The Kier molecular flexibility index (Phi) is 4.51. The molecular weight excluding hydrogens is 281 g/mol. The van der Waals surface area contributed by atoms with Crippen LogP contribution < -0.4 is 10.2 Å². The molecule has 0 atom stereocenters. The smallest absolute Gasteiger partial charge is 0.128 e. The van der Waals surface area contributed by atoms with Crippen molar-refractivity contribution in [3.8, 4) is 0 Å². The van der Waals surface area contributed by atoms with Crippen molar-refractivity contribution in [2.45, 2.75) is 6.54 Å². The number of benzene rings is 1. The number of pyridine rings is 1. The summed E-state index contributed by atoms with van der Waals surface area (Å²) in [5, 5.41) is 4.43. The quantitative estimate of drug-likeness (QED) is 0.922. The Morgan fingerprint density at radius 1 is 1.11 bits per heavy atom. The van der Waals surface area contributed by atoms with E-state index in [1.54, 1.807) is 6.07 Å². The summed E-state index contributed by atoms with van der Waals surface area (Å²) in [6.45, 7) is 0.680. The Morgan fingerprint density at radius 3 is 2.47 bits per heavy atom. The maximum absolute atomic E-state index is 5.97. The molecule has 0 saturated heterocycles. The van der Waals surface area contributed by atoms with Crippen LogP contribution in [0.1, 0.15) is 5.56 Å². The summed E-state index contributed by atoms with van der Waals surface area (Å²) in [6, 6.07) is 9.58. The molecule has 0 spiro atoms. The minimum Gasteiger partial charge on any atom is -0.380 e. The third kappa shape index (κ3) is 3.75. The van der Waals surface area contributed by atoms with Gasteiger partial charge in [0.1, 0.15) is 5.82 Å². The van der Waals surface area contributed by atoms with Gasteiger partial charge in [0.15, 0.2) is 0 Å². The van der Waals surface area contributed by atoms with Crippen LogP contribution in [0.15, 0.2) is 36.5 Å². The molecule has 0 aliphatic heterocycles. The Labute approximate surface area is 123 Å². The zero-order valence-corrected chi connectivity index (χ0v) is 12.3. The van der Waals surface area contributed by atoms with Crippen molar-refractivity contribution in [3.05, 3.63) is 52.1 Å². The molecule has 0 radical (unpaired) electrons. The van der Waals surface area contributed by atoms with Crippen molar-refractivity contribution in [1.29, 1.82) is 0 Å². The van der Waals surface area contributed by atoms with Crippen LogP contribution >= 0.6 is 23.2 Å². The van der Waals surface area contributed by atoms with Crippen LogP contribution in [0.5, 0.6) is 0 Å². The minimum atomic E-state index is 0.571. The lowest BCUT2D eigenvalue weighted by atomic mass is 10.2. The molecule has 1 aromatic heterocycles. The second-order valence-electron chi connectivity index (χ2n) is 4.40. The summed E-state index contributed by atoms with van der Waals surface area (Å²) in [4.78, 5) is 6.30. The first-order chi connectivity index (χ1) is 9.06. The number of nitrogens with zero attached hydrogens (tertiary/aromatic N) is 2. The van der Waals surface area contributed by atoms with E-state index in [2.05, 4.69) is 10.3 Å². The fourth-order valence-electron chi connectivity index (χ4n) is 1.61. The van der Waals surface area contributed by atoms with Gasteiger partial charge in [-0.15, -0.1) is 0 Å². The number of rotatable bonds is 4. The normalized spacial score (nSPS) is 10.3. The molecule has 3 nitrogen and oxygen atoms in total. The summed E-state index contributed by atoms with van der Waals surface area (Å²) in [6.07, 6.45) is 1.81. The number of nitrogens with one attached hydrogen (secondary N) is 1. The second kappa shape index (κ2) is 6.13. The fraction of sp³-hybridized carbons (Fsp3) is 0.214. The molecule has 1 N–H and O–H groups in total. The van der Waals surface area contributed by atoms with Crippen molar-refractivity contribution in [3.63, 3.8) is 0 Å². The van der Waals surface area contributed by atoms with Gasteiger partial charge in [0.25, 0.3) is 0 Å². The van der Waals surface area contributed by atoms with E-state index in [0.717, 1.165) is 17.1 Å². The van der Waals surface area contributed by atoms with Gasteiger partial charge >= 0.3 is 0 Å². The zero-order valence-electron chi connectivity index (χ0n) is 10.8. The molecule has 0 fully saturated rings. The molecule has 2 rings (SSSR count). The van der Waals surface area contributed by atoms with Crippen LogP contribution in [0, 0.1) is 0 Å². The van der Waals surface area contributed by atoms with Gasteiger partial charge in [-0.1, -0.05) is 29.3 Å². The Morgan fingerprint density at radius 2 is 1.89 bits per heavy atom. The highest BCUT2D eigenvalue weighted by Gasteiger charge is 2.01. The molecule has 2 aromatic rings. The first-order valence-corrected chi connectivity index (χ1v) is 6.63. The molecule has 0 amide bonds. The maximum atomic E-state index is 5.97. The Balaban J connectivity index is 2.00. The largest absolute Gasteiger partial charge is 0.380 e. The van der Waals surface area contributed by atoms with Crippen LogP contribution in [0.2, 0.25) is 10.0 Å². The van der Waals surface area contributed by atoms with Gasteiger partial charge in [-0.25, -0.2) is 4.98 Å². The van der Waals surface area contributed by atoms with Crippen molar-refractivity contribution < 1.29 is 0 Å². The lowest BCUT2D eigenvalue weighted by molar-refractivity contribution is 1.06. The van der Waals surface area contributed by atoms with E-state index in [4.69, 9.17) is 23.2 Å². The Bertz CT molecular complexity index is 553. The van der Waals surface area contributed by atoms with E-state index in [1.165, 1.54) is 0 Å². The summed E-state index contributed by atoms with van der Waals surface area (Å²) < 4.78 is 0. The predicted octanol–water partition coefficient (Wildman–Crippen LogP) is 4.07. The highest BCUT2D eigenvalue weighted by molar-refractivity contribution is 6.42. The molecular formula is C14H15Cl2N3. The minimum absolute atomic E-state index is 0.571. The monoisotopic (exact) mass is 295 g/mol. The van der Waals surface area contributed by atoms with Gasteiger partial charge < -0.3 is 10.2 Å². The molecule has 100 valence electrons. The van der Waals surface area contributed by atoms with Crippen LogP contribution in [0.25, 0.3) is 0 Å². The van der Waals surface area contributed by atoms with Gasteiger partial charge in [-0.2, -0.15) is 0 Å². The zero-order chi connectivity index (χ0) is 13.8. The van der Waals surface area contributed by atoms with Crippen molar-refractivity contribution in [2.75, 3.05) is 24.3 Å². The second-order valence-corrected chi connectivity index (χ2v) is 5.22. The molecule has 19 heavy (non-hydrogen) atoms. The first-order valence-electron chi connectivity index (χ1n) is 5.87. The molecule has 0 unspecified atom stereocenters. The van der Waals surface area contributed by atoms with Crippen LogP contribution in [-0.4, -0.2) is 19.1 Å². The predicted molar refractivity (Wildman–Crippen MR) is 82.4 cm³/mol. The lowest BCUT2D eigenvalue weighted by Crippen LogP contribution is -2.10. The maximum Gasteiger partial charge on any atom is 0.128 e. The van der Waals surface area contributed by atoms with Crippen molar-refractivity contribution >= 4 is 34.7 Å². The number of hydrogen-bond donors (Lipinski definition) is 1. The average Bonchev–Trinajstić information content (AvgIpc) is 2.40. The summed E-state index contributed by atoms with van der Waals surface area (Å²) in [5.41, 5.74) is 2.04. The van der Waals surface area contributed by atoms with Gasteiger partial charge in [-0.05, 0) is 29.8 Å². The van der Waals surface area contributed by atoms with Crippen molar-refractivity contribution in [1.82, 2.24) is 4.98 Å². The van der Waals surface area contributed by atoms with E-state index >= 15 is 0 Å².